The van der Waals surface area contributed by atoms with Crippen LogP contribution in [0, 0.1) is 9.39 Å². The number of anilines is 1. The first-order chi connectivity index (χ1) is 6.65. The molecular formula is C9H10FIN2S. The molecule has 0 saturated carbocycles. The van der Waals surface area contributed by atoms with Crippen molar-refractivity contribution in [2.75, 3.05) is 11.9 Å². The molecule has 0 bridgehead atoms. The van der Waals surface area contributed by atoms with Gasteiger partial charge in [-0.1, -0.05) is 6.07 Å². The second kappa shape index (κ2) is 5.45. The number of rotatable bonds is 2. The Kier molecular flexibility index (Phi) is 4.53. The third-order valence-electron chi connectivity index (χ3n) is 1.54. The van der Waals surface area contributed by atoms with Crippen LogP contribution in [0.1, 0.15) is 6.92 Å². The Hall–Kier alpha value is -0.430. The van der Waals surface area contributed by atoms with Crippen molar-refractivity contribution in [3.63, 3.8) is 0 Å². The van der Waals surface area contributed by atoms with Crippen LogP contribution in [-0.2, 0) is 0 Å². The fourth-order valence-electron chi connectivity index (χ4n) is 0.927. The molecule has 1 aromatic rings. The molecule has 0 saturated heterocycles. The fraction of sp³-hybridized carbons (Fsp3) is 0.222. The molecule has 0 amide bonds. The Balaban J connectivity index is 2.76. The maximum atomic E-state index is 13.1. The van der Waals surface area contributed by atoms with Gasteiger partial charge >= 0.3 is 0 Å². The first-order valence-electron chi connectivity index (χ1n) is 4.14. The van der Waals surface area contributed by atoms with Crippen LogP contribution in [-0.4, -0.2) is 11.7 Å². The maximum absolute atomic E-state index is 13.1. The SMILES string of the molecule is CCNC(=S)Nc1cccc(F)c1I. The van der Waals surface area contributed by atoms with Gasteiger partial charge in [-0.05, 0) is 53.9 Å². The monoisotopic (exact) mass is 324 g/mol. The van der Waals surface area contributed by atoms with Crippen molar-refractivity contribution in [2.24, 2.45) is 0 Å². The molecule has 0 fully saturated rings. The van der Waals surface area contributed by atoms with Crippen LogP contribution in [0.4, 0.5) is 10.1 Å². The van der Waals surface area contributed by atoms with E-state index in [9.17, 15) is 4.39 Å². The van der Waals surface area contributed by atoms with E-state index < -0.39 is 0 Å². The average molecular weight is 324 g/mol. The molecule has 14 heavy (non-hydrogen) atoms. The zero-order chi connectivity index (χ0) is 10.6. The predicted octanol–water partition coefficient (Wildman–Crippen LogP) is 2.74. The van der Waals surface area contributed by atoms with Gasteiger partial charge in [0.2, 0.25) is 0 Å². The molecule has 0 atom stereocenters. The molecule has 0 aromatic heterocycles. The van der Waals surface area contributed by atoms with Crippen molar-refractivity contribution < 1.29 is 4.39 Å². The van der Waals surface area contributed by atoms with Crippen LogP contribution >= 0.6 is 34.8 Å². The van der Waals surface area contributed by atoms with E-state index in [-0.39, 0.29) is 5.82 Å². The Bertz CT molecular complexity index is 344. The van der Waals surface area contributed by atoms with Crippen molar-refractivity contribution in [2.45, 2.75) is 6.92 Å². The van der Waals surface area contributed by atoms with Gasteiger partial charge in [-0.2, -0.15) is 0 Å². The Labute approximate surface area is 101 Å². The number of thiocarbonyl (C=S) groups is 1. The molecule has 0 heterocycles. The quantitative estimate of drug-likeness (QED) is 0.646. The van der Waals surface area contributed by atoms with Gasteiger partial charge in [-0.3, -0.25) is 0 Å². The molecule has 2 N–H and O–H groups in total. The normalized spacial score (nSPS) is 9.64. The third-order valence-corrected chi connectivity index (χ3v) is 2.88. The summed E-state index contributed by atoms with van der Waals surface area (Å²) in [5.41, 5.74) is 0.691. The molecule has 0 spiro atoms. The van der Waals surface area contributed by atoms with Crippen LogP contribution in [0.2, 0.25) is 0 Å². The van der Waals surface area contributed by atoms with E-state index in [1.807, 2.05) is 29.5 Å². The van der Waals surface area contributed by atoms with E-state index in [4.69, 9.17) is 12.2 Å². The van der Waals surface area contributed by atoms with Crippen LogP contribution in [0.5, 0.6) is 0 Å². The van der Waals surface area contributed by atoms with Crippen LogP contribution in [0.15, 0.2) is 18.2 Å². The minimum atomic E-state index is -0.241. The highest BCUT2D eigenvalue weighted by Gasteiger charge is 2.05. The summed E-state index contributed by atoms with van der Waals surface area (Å²) in [6.45, 7) is 2.70. The maximum Gasteiger partial charge on any atom is 0.170 e. The summed E-state index contributed by atoms with van der Waals surface area (Å²) in [6.07, 6.45) is 0. The highest BCUT2D eigenvalue weighted by atomic mass is 127. The Morgan fingerprint density at radius 1 is 1.57 bits per heavy atom. The Morgan fingerprint density at radius 3 is 2.93 bits per heavy atom. The molecule has 0 aliphatic rings. The van der Waals surface area contributed by atoms with Crippen LogP contribution in [0.25, 0.3) is 0 Å². The van der Waals surface area contributed by atoms with E-state index >= 15 is 0 Å². The molecule has 1 rings (SSSR count). The summed E-state index contributed by atoms with van der Waals surface area (Å²) in [7, 11) is 0. The van der Waals surface area contributed by atoms with E-state index in [1.54, 1.807) is 12.1 Å². The predicted molar refractivity (Wildman–Crippen MR) is 69.0 cm³/mol. The van der Waals surface area contributed by atoms with Crippen molar-refractivity contribution in [3.05, 3.63) is 27.6 Å². The standard InChI is InChI=1S/C9H10FIN2S/c1-2-12-9(14)13-7-5-3-4-6(10)8(7)11/h3-5H,2H2,1H3,(H2,12,13,14). The number of halogens is 2. The second-order valence-corrected chi connectivity index (χ2v) is 4.07. The summed E-state index contributed by atoms with van der Waals surface area (Å²) < 4.78 is 13.7. The van der Waals surface area contributed by atoms with Crippen molar-refractivity contribution >= 4 is 45.6 Å². The topological polar surface area (TPSA) is 24.1 Å². The smallest absolute Gasteiger partial charge is 0.170 e. The molecular weight excluding hydrogens is 314 g/mol. The molecule has 0 radical (unpaired) electrons. The number of nitrogens with one attached hydrogen (secondary N) is 2. The zero-order valence-electron chi connectivity index (χ0n) is 7.60. The number of hydrogen-bond acceptors (Lipinski definition) is 1. The molecule has 0 unspecified atom stereocenters. The van der Waals surface area contributed by atoms with E-state index in [0.29, 0.717) is 14.4 Å². The summed E-state index contributed by atoms with van der Waals surface area (Å²) in [5.74, 6) is -0.241. The minimum absolute atomic E-state index is 0.241. The fourth-order valence-corrected chi connectivity index (χ4v) is 1.68. The summed E-state index contributed by atoms with van der Waals surface area (Å²) in [4.78, 5) is 0. The molecule has 5 heteroatoms. The number of hydrogen-bond donors (Lipinski definition) is 2. The second-order valence-electron chi connectivity index (χ2n) is 2.59. The first kappa shape index (κ1) is 11.6. The lowest BCUT2D eigenvalue weighted by molar-refractivity contribution is 0.621. The van der Waals surface area contributed by atoms with Crippen molar-refractivity contribution in [1.82, 2.24) is 5.32 Å². The Morgan fingerprint density at radius 2 is 2.29 bits per heavy atom. The third kappa shape index (κ3) is 3.06. The zero-order valence-corrected chi connectivity index (χ0v) is 10.6. The summed E-state index contributed by atoms with van der Waals surface area (Å²) >= 11 is 6.93. The van der Waals surface area contributed by atoms with Gasteiger partial charge in [0.1, 0.15) is 5.82 Å². The van der Waals surface area contributed by atoms with Gasteiger partial charge in [-0.15, -0.1) is 0 Å². The highest BCUT2D eigenvalue weighted by Crippen LogP contribution is 2.20. The lowest BCUT2D eigenvalue weighted by atomic mass is 10.3. The van der Waals surface area contributed by atoms with E-state index in [1.165, 1.54) is 6.07 Å². The molecule has 2 nitrogen and oxygen atoms in total. The van der Waals surface area contributed by atoms with E-state index in [2.05, 4.69) is 10.6 Å². The molecule has 0 aliphatic heterocycles. The van der Waals surface area contributed by atoms with Gasteiger partial charge in [-0.25, -0.2) is 4.39 Å². The molecule has 76 valence electrons. The summed E-state index contributed by atoms with van der Waals surface area (Å²) in [6, 6.07) is 4.85. The van der Waals surface area contributed by atoms with Gasteiger partial charge in [0.25, 0.3) is 0 Å². The van der Waals surface area contributed by atoms with Gasteiger partial charge in [0, 0.05) is 6.54 Å². The number of benzene rings is 1. The average Bonchev–Trinajstić information content (AvgIpc) is 2.13. The largest absolute Gasteiger partial charge is 0.363 e. The van der Waals surface area contributed by atoms with Crippen molar-refractivity contribution in [3.8, 4) is 0 Å². The van der Waals surface area contributed by atoms with Crippen molar-refractivity contribution in [1.29, 1.82) is 0 Å². The van der Waals surface area contributed by atoms with Crippen LogP contribution in [0.3, 0.4) is 0 Å². The highest BCUT2D eigenvalue weighted by molar-refractivity contribution is 14.1. The van der Waals surface area contributed by atoms with Crippen LogP contribution < -0.4 is 10.6 Å². The first-order valence-corrected chi connectivity index (χ1v) is 5.62. The van der Waals surface area contributed by atoms with E-state index in [0.717, 1.165) is 6.54 Å². The molecule has 1 aromatic carbocycles. The summed E-state index contributed by atoms with van der Waals surface area (Å²) in [5, 5.41) is 6.37. The van der Waals surface area contributed by atoms with Gasteiger partial charge in [0.15, 0.2) is 5.11 Å². The molecule has 0 aliphatic carbocycles. The minimum Gasteiger partial charge on any atom is -0.363 e. The van der Waals surface area contributed by atoms with Gasteiger partial charge < -0.3 is 10.6 Å². The van der Waals surface area contributed by atoms with Gasteiger partial charge in [0.05, 0.1) is 9.26 Å². The lowest BCUT2D eigenvalue weighted by Crippen LogP contribution is -2.28. The lowest BCUT2D eigenvalue weighted by Gasteiger charge is -2.10.